The number of carbonyl (C=O) groups excluding carboxylic acids is 1. The number of carbonyl (C=O) groups is 1. The minimum Gasteiger partial charge on any atom is -0.495 e. The molecule has 0 saturated carbocycles. The molecule has 38 heavy (non-hydrogen) atoms. The minimum absolute atomic E-state index is 0.110. The maximum absolute atomic E-state index is 12.6. The van der Waals surface area contributed by atoms with E-state index in [4.69, 9.17) is 17.0 Å². The van der Waals surface area contributed by atoms with E-state index in [1.807, 2.05) is 66.0 Å². The third-order valence-corrected chi connectivity index (χ3v) is 7.57. The second kappa shape index (κ2) is 12.1. The predicted molar refractivity (Wildman–Crippen MR) is 164 cm³/mol. The SMILES string of the molecule is COc1ccccc1NC(=S)Nc1cccc(SCC(=O)Nc2nc(-c3ccc4ccccc4c3)cs2)c1. The molecule has 190 valence electrons. The molecule has 0 aliphatic carbocycles. The van der Waals surface area contributed by atoms with E-state index >= 15 is 0 Å². The van der Waals surface area contributed by atoms with Gasteiger partial charge in [0.05, 0.1) is 24.2 Å². The topological polar surface area (TPSA) is 75.3 Å². The van der Waals surface area contributed by atoms with Crippen LogP contribution in [0.5, 0.6) is 5.75 Å². The fraction of sp³-hybridized carbons (Fsp3) is 0.0690. The molecule has 0 unspecified atom stereocenters. The largest absolute Gasteiger partial charge is 0.495 e. The Morgan fingerprint density at radius 3 is 2.61 bits per heavy atom. The van der Waals surface area contributed by atoms with Gasteiger partial charge in [0.1, 0.15) is 5.75 Å². The van der Waals surface area contributed by atoms with Crippen molar-refractivity contribution in [3.8, 4) is 17.0 Å². The van der Waals surface area contributed by atoms with Gasteiger partial charge >= 0.3 is 0 Å². The van der Waals surface area contributed by atoms with Crippen molar-refractivity contribution in [2.24, 2.45) is 0 Å². The van der Waals surface area contributed by atoms with Gasteiger partial charge in [-0.25, -0.2) is 4.98 Å². The van der Waals surface area contributed by atoms with Gasteiger partial charge in [-0.05, 0) is 59.4 Å². The average molecular weight is 557 g/mol. The normalized spacial score (nSPS) is 10.7. The molecular formula is C29H24N4O2S3. The van der Waals surface area contributed by atoms with E-state index in [2.05, 4.69) is 51.3 Å². The first-order chi connectivity index (χ1) is 18.6. The number of anilines is 3. The van der Waals surface area contributed by atoms with Crippen molar-refractivity contribution in [3.05, 3.63) is 96.4 Å². The number of hydrogen-bond acceptors (Lipinski definition) is 6. The molecule has 0 aliphatic rings. The van der Waals surface area contributed by atoms with Crippen molar-refractivity contribution >= 4 is 73.6 Å². The Hall–Kier alpha value is -3.92. The summed E-state index contributed by atoms with van der Waals surface area (Å²) in [4.78, 5) is 18.2. The van der Waals surface area contributed by atoms with Crippen LogP contribution in [0.3, 0.4) is 0 Å². The maximum Gasteiger partial charge on any atom is 0.236 e. The van der Waals surface area contributed by atoms with Gasteiger partial charge < -0.3 is 20.7 Å². The molecule has 0 atom stereocenters. The maximum atomic E-state index is 12.6. The van der Waals surface area contributed by atoms with Crippen molar-refractivity contribution in [2.75, 3.05) is 28.8 Å². The fourth-order valence-corrected chi connectivity index (χ4v) is 5.53. The number of thiocarbonyl (C=S) groups is 1. The average Bonchev–Trinajstić information content (AvgIpc) is 3.40. The Bertz CT molecular complexity index is 1600. The molecule has 0 fully saturated rings. The van der Waals surface area contributed by atoms with Crippen molar-refractivity contribution in [3.63, 3.8) is 0 Å². The summed E-state index contributed by atoms with van der Waals surface area (Å²) < 4.78 is 5.36. The van der Waals surface area contributed by atoms with E-state index in [0.717, 1.165) is 32.9 Å². The number of rotatable bonds is 8. The Kier molecular flexibility index (Phi) is 8.18. The fourth-order valence-electron chi connectivity index (χ4n) is 3.81. The Morgan fingerprint density at radius 2 is 1.74 bits per heavy atom. The first kappa shape index (κ1) is 25.7. The minimum atomic E-state index is -0.110. The molecule has 1 amide bonds. The lowest BCUT2D eigenvalue weighted by atomic mass is 10.1. The Labute approximate surface area is 234 Å². The number of benzene rings is 4. The van der Waals surface area contributed by atoms with E-state index in [9.17, 15) is 4.79 Å². The number of para-hydroxylation sites is 2. The van der Waals surface area contributed by atoms with Gasteiger partial charge in [-0.1, -0.05) is 54.6 Å². The molecular weight excluding hydrogens is 533 g/mol. The highest BCUT2D eigenvalue weighted by Crippen LogP contribution is 2.29. The molecule has 1 heterocycles. The van der Waals surface area contributed by atoms with Crippen LogP contribution in [0.25, 0.3) is 22.0 Å². The summed E-state index contributed by atoms with van der Waals surface area (Å²) in [5.41, 5.74) is 3.47. The van der Waals surface area contributed by atoms with Crippen molar-refractivity contribution in [1.82, 2.24) is 4.98 Å². The second-order valence-corrected chi connectivity index (χ2v) is 10.6. The van der Waals surface area contributed by atoms with Crippen LogP contribution >= 0.6 is 35.3 Å². The van der Waals surface area contributed by atoms with Crippen LogP contribution in [0.15, 0.2) is 101 Å². The lowest BCUT2D eigenvalue weighted by molar-refractivity contribution is -0.113. The van der Waals surface area contributed by atoms with Crippen LogP contribution < -0.4 is 20.7 Å². The summed E-state index contributed by atoms with van der Waals surface area (Å²) in [6, 6.07) is 29.8. The van der Waals surface area contributed by atoms with Crippen LogP contribution in [-0.4, -0.2) is 28.9 Å². The zero-order chi connectivity index (χ0) is 26.3. The highest BCUT2D eigenvalue weighted by atomic mass is 32.2. The monoisotopic (exact) mass is 556 g/mol. The summed E-state index contributed by atoms with van der Waals surface area (Å²) in [6.45, 7) is 0. The van der Waals surface area contributed by atoms with Crippen LogP contribution in [0.2, 0.25) is 0 Å². The number of nitrogens with zero attached hydrogens (tertiary/aromatic N) is 1. The molecule has 0 saturated heterocycles. The molecule has 1 aromatic heterocycles. The van der Waals surface area contributed by atoms with Crippen molar-refractivity contribution in [2.45, 2.75) is 4.90 Å². The summed E-state index contributed by atoms with van der Waals surface area (Å²) in [7, 11) is 1.62. The number of methoxy groups -OCH3 is 1. The number of thioether (sulfide) groups is 1. The molecule has 5 rings (SSSR count). The van der Waals surface area contributed by atoms with E-state index in [1.165, 1.54) is 28.5 Å². The first-order valence-corrected chi connectivity index (χ1v) is 14.0. The van der Waals surface area contributed by atoms with Gasteiger partial charge in [0.15, 0.2) is 10.2 Å². The number of fused-ring (bicyclic) bond motifs is 1. The van der Waals surface area contributed by atoms with E-state index in [-0.39, 0.29) is 11.7 Å². The van der Waals surface area contributed by atoms with E-state index < -0.39 is 0 Å². The number of aromatic nitrogens is 1. The Balaban J connectivity index is 1.15. The highest BCUT2D eigenvalue weighted by molar-refractivity contribution is 8.00. The summed E-state index contributed by atoms with van der Waals surface area (Å²) in [5, 5.41) is 14.6. The van der Waals surface area contributed by atoms with Gasteiger partial charge in [0.2, 0.25) is 5.91 Å². The van der Waals surface area contributed by atoms with E-state index in [1.54, 1.807) is 7.11 Å². The van der Waals surface area contributed by atoms with E-state index in [0.29, 0.717) is 16.0 Å². The number of amides is 1. The number of hydrogen-bond donors (Lipinski definition) is 3. The second-order valence-electron chi connectivity index (χ2n) is 8.24. The molecule has 0 bridgehead atoms. The number of nitrogens with one attached hydrogen (secondary N) is 3. The predicted octanol–water partition coefficient (Wildman–Crippen LogP) is 7.51. The van der Waals surface area contributed by atoms with Crippen molar-refractivity contribution < 1.29 is 9.53 Å². The quantitative estimate of drug-likeness (QED) is 0.135. The van der Waals surface area contributed by atoms with Crippen molar-refractivity contribution in [1.29, 1.82) is 0 Å². The third-order valence-electron chi connectivity index (χ3n) is 5.61. The molecule has 0 radical (unpaired) electrons. The molecule has 5 aromatic rings. The molecule has 0 aliphatic heterocycles. The molecule has 4 aromatic carbocycles. The molecule has 3 N–H and O–H groups in total. The molecule has 6 nitrogen and oxygen atoms in total. The standard InChI is InChI=1S/C29H24N4O2S3/c1-35-26-12-5-4-11-24(26)31-28(36)30-22-9-6-10-23(16-22)37-18-27(34)33-29-32-25(17-38-29)21-14-13-19-7-2-3-8-20(19)15-21/h2-17H,18H2,1H3,(H2,30,31,36)(H,32,33,34). The van der Waals surface area contributed by atoms with Gasteiger partial charge in [-0.15, -0.1) is 23.1 Å². The molecule has 0 spiro atoms. The zero-order valence-electron chi connectivity index (χ0n) is 20.4. The van der Waals surface area contributed by atoms with Crippen LogP contribution in [-0.2, 0) is 4.79 Å². The van der Waals surface area contributed by atoms with Crippen LogP contribution in [0.1, 0.15) is 0 Å². The van der Waals surface area contributed by atoms with Gasteiger partial charge in [0.25, 0.3) is 0 Å². The first-order valence-electron chi connectivity index (χ1n) is 11.8. The summed E-state index contributed by atoms with van der Waals surface area (Å²) >= 11 is 8.32. The lowest BCUT2D eigenvalue weighted by Crippen LogP contribution is -2.19. The summed E-state index contributed by atoms with van der Waals surface area (Å²) in [5.74, 6) is 0.857. The molecule has 9 heteroatoms. The smallest absolute Gasteiger partial charge is 0.236 e. The zero-order valence-corrected chi connectivity index (χ0v) is 22.9. The number of thiazole rings is 1. The van der Waals surface area contributed by atoms with Crippen LogP contribution in [0, 0.1) is 0 Å². The highest BCUT2D eigenvalue weighted by Gasteiger charge is 2.10. The third kappa shape index (κ3) is 6.49. The Morgan fingerprint density at radius 1 is 0.921 bits per heavy atom. The van der Waals surface area contributed by atoms with Gasteiger partial charge in [-0.2, -0.15) is 0 Å². The lowest BCUT2D eigenvalue weighted by Gasteiger charge is -2.13. The summed E-state index contributed by atoms with van der Waals surface area (Å²) in [6.07, 6.45) is 0. The number of ether oxygens (including phenoxy) is 1. The van der Waals surface area contributed by atoms with Gasteiger partial charge in [-0.3, -0.25) is 4.79 Å². The van der Waals surface area contributed by atoms with Gasteiger partial charge in [0, 0.05) is 21.5 Å². The van der Waals surface area contributed by atoms with Crippen LogP contribution in [0.4, 0.5) is 16.5 Å².